The minimum atomic E-state index is -0.434. The summed E-state index contributed by atoms with van der Waals surface area (Å²) in [5.41, 5.74) is 0.675. The van der Waals surface area contributed by atoms with Crippen LogP contribution in [0.5, 0.6) is 0 Å². The lowest BCUT2D eigenvalue weighted by atomic mass is 9.73. The van der Waals surface area contributed by atoms with Crippen LogP contribution in [0.4, 0.5) is 0 Å². The minimum Gasteiger partial charge on any atom is -0.465 e. The zero-order chi connectivity index (χ0) is 13.8. The number of carbonyl (C=O) groups excluding carboxylic acids is 1. The summed E-state index contributed by atoms with van der Waals surface area (Å²) in [6.07, 6.45) is 5.32. The summed E-state index contributed by atoms with van der Waals surface area (Å²) in [5, 5.41) is 3.34. The van der Waals surface area contributed by atoms with E-state index in [1.165, 1.54) is 12.8 Å². The number of ether oxygens (including phenoxy) is 1. The van der Waals surface area contributed by atoms with E-state index in [0.29, 0.717) is 6.61 Å². The minimum absolute atomic E-state index is 0.0224. The first-order valence-corrected chi connectivity index (χ1v) is 7.75. The molecule has 0 atom stereocenters. The molecule has 0 bridgehead atoms. The first kappa shape index (κ1) is 13.6. The quantitative estimate of drug-likeness (QED) is 0.838. The lowest BCUT2D eigenvalue weighted by Gasteiger charge is -2.35. The van der Waals surface area contributed by atoms with Crippen LogP contribution < -0.4 is 5.32 Å². The first-order valence-electron chi connectivity index (χ1n) is 7.75. The molecule has 1 aromatic rings. The van der Waals surface area contributed by atoms with E-state index in [-0.39, 0.29) is 5.97 Å². The van der Waals surface area contributed by atoms with Crippen LogP contribution >= 0.6 is 0 Å². The van der Waals surface area contributed by atoms with Gasteiger partial charge in [0.25, 0.3) is 0 Å². The number of rotatable bonds is 5. The van der Waals surface area contributed by atoms with Crippen molar-refractivity contribution >= 4 is 5.97 Å². The second-order valence-electron chi connectivity index (χ2n) is 6.07. The van der Waals surface area contributed by atoms with Crippen molar-refractivity contribution in [3.8, 4) is 0 Å². The number of esters is 1. The van der Waals surface area contributed by atoms with Gasteiger partial charge in [0.05, 0.1) is 12.0 Å². The molecule has 2 fully saturated rings. The second-order valence-corrected chi connectivity index (χ2v) is 6.07. The summed E-state index contributed by atoms with van der Waals surface area (Å²) in [6, 6.07) is 10.1. The van der Waals surface area contributed by atoms with E-state index in [4.69, 9.17) is 4.74 Å². The van der Waals surface area contributed by atoms with Gasteiger partial charge in [0, 0.05) is 0 Å². The highest BCUT2D eigenvalue weighted by Gasteiger charge is 2.42. The molecule has 1 aromatic carbocycles. The number of benzene rings is 1. The molecule has 3 nitrogen and oxygen atoms in total. The molecule has 1 saturated carbocycles. The molecular formula is C17H23NO2. The van der Waals surface area contributed by atoms with Crippen LogP contribution in [0, 0.1) is 5.92 Å². The Kier molecular flexibility index (Phi) is 4.06. The zero-order valence-electron chi connectivity index (χ0n) is 11.9. The number of carbonyl (C=O) groups is 1. The summed E-state index contributed by atoms with van der Waals surface area (Å²) in [6.45, 7) is 2.35. The summed E-state index contributed by atoms with van der Waals surface area (Å²) in [7, 11) is 0. The summed E-state index contributed by atoms with van der Waals surface area (Å²) in [5.74, 6) is 0.786. The zero-order valence-corrected chi connectivity index (χ0v) is 11.9. The van der Waals surface area contributed by atoms with Gasteiger partial charge in [0.15, 0.2) is 0 Å². The topological polar surface area (TPSA) is 38.3 Å². The number of hydrogen-bond acceptors (Lipinski definition) is 3. The standard InChI is InChI=1S/C17H23NO2/c19-16(20-13-8-14-6-7-14)17(9-11-18-12-10-17)15-4-2-1-3-5-15/h1-5,14,18H,6-13H2. The van der Waals surface area contributed by atoms with Gasteiger partial charge in [-0.15, -0.1) is 0 Å². The Morgan fingerprint density at radius 3 is 2.55 bits per heavy atom. The smallest absolute Gasteiger partial charge is 0.316 e. The fourth-order valence-corrected chi connectivity index (χ4v) is 3.08. The molecule has 1 aliphatic heterocycles. The van der Waals surface area contributed by atoms with E-state index in [9.17, 15) is 4.79 Å². The Morgan fingerprint density at radius 2 is 1.90 bits per heavy atom. The van der Waals surface area contributed by atoms with E-state index < -0.39 is 5.41 Å². The van der Waals surface area contributed by atoms with Gasteiger partial charge in [-0.2, -0.15) is 0 Å². The molecule has 1 heterocycles. The van der Waals surface area contributed by atoms with E-state index in [1.54, 1.807) is 0 Å². The van der Waals surface area contributed by atoms with Gasteiger partial charge in [-0.3, -0.25) is 4.79 Å². The van der Waals surface area contributed by atoms with Gasteiger partial charge in [0.1, 0.15) is 0 Å². The van der Waals surface area contributed by atoms with E-state index >= 15 is 0 Å². The van der Waals surface area contributed by atoms with Gasteiger partial charge in [0.2, 0.25) is 0 Å². The van der Waals surface area contributed by atoms with Crippen LogP contribution in [0.3, 0.4) is 0 Å². The van der Waals surface area contributed by atoms with Crippen molar-refractivity contribution in [3.63, 3.8) is 0 Å². The highest BCUT2D eigenvalue weighted by atomic mass is 16.5. The number of hydrogen-bond donors (Lipinski definition) is 1. The van der Waals surface area contributed by atoms with Gasteiger partial charge in [-0.05, 0) is 43.8 Å². The monoisotopic (exact) mass is 273 g/mol. The van der Waals surface area contributed by atoms with E-state index in [1.807, 2.05) is 18.2 Å². The fraction of sp³-hybridized carbons (Fsp3) is 0.588. The third kappa shape index (κ3) is 2.88. The molecule has 1 aliphatic carbocycles. The van der Waals surface area contributed by atoms with Crippen molar-refractivity contribution in [1.82, 2.24) is 5.32 Å². The summed E-state index contributed by atoms with van der Waals surface area (Å²) < 4.78 is 5.62. The van der Waals surface area contributed by atoms with Gasteiger partial charge >= 0.3 is 5.97 Å². The lowest BCUT2D eigenvalue weighted by Crippen LogP contribution is -2.46. The van der Waals surface area contributed by atoms with E-state index in [2.05, 4.69) is 17.4 Å². The van der Waals surface area contributed by atoms with Crippen molar-refractivity contribution in [2.75, 3.05) is 19.7 Å². The van der Waals surface area contributed by atoms with Crippen molar-refractivity contribution in [3.05, 3.63) is 35.9 Å². The molecule has 1 saturated heterocycles. The summed E-state index contributed by atoms with van der Waals surface area (Å²) >= 11 is 0. The highest BCUT2D eigenvalue weighted by molar-refractivity contribution is 5.83. The Bertz CT molecular complexity index is 447. The van der Waals surface area contributed by atoms with Crippen molar-refractivity contribution in [2.45, 2.75) is 37.5 Å². The van der Waals surface area contributed by atoms with Crippen LogP contribution in [-0.2, 0) is 14.9 Å². The maximum atomic E-state index is 12.7. The summed E-state index contributed by atoms with van der Waals surface area (Å²) in [4.78, 5) is 12.7. The molecule has 0 radical (unpaired) electrons. The molecule has 2 aliphatic rings. The molecule has 108 valence electrons. The van der Waals surface area contributed by atoms with Gasteiger partial charge in [-0.1, -0.05) is 43.2 Å². The molecule has 0 spiro atoms. The van der Waals surface area contributed by atoms with Crippen LogP contribution in [0.1, 0.15) is 37.7 Å². The largest absolute Gasteiger partial charge is 0.465 e. The van der Waals surface area contributed by atoms with Crippen LogP contribution in [0.15, 0.2) is 30.3 Å². The number of piperidine rings is 1. The molecule has 0 aromatic heterocycles. The molecule has 20 heavy (non-hydrogen) atoms. The Morgan fingerprint density at radius 1 is 1.20 bits per heavy atom. The third-order valence-electron chi connectivity index (χ3n) is 4.63. The fourth-order valence-electron chi connectivity index (χ4n) is 3.08. The molecule has 0 amide bonds. The molecule has 0 unspecified atom stereocenters. The van der Waals surface area contributed by atoms with Crippen molar-refractivity contribution in [2.24, 2.45) is 5.92 Å². The van der Waals surface area contributed by atoms with Gasteiger partial charge < -0.3 is 10.1 Å². The van der Waals surface area contributed by atoms with Gasteiger partial charge in [-0.25, -0.2) is 0 Å². The Balaban J connectivity index is 1.72. The predicted molar refractivity (Wildman–Crippen MR) is 78.5 cm³/mol. The Labute approximate surface area is 120 Å². The highest BCUT2D eigenvalue weighted by Crippen LogP contribution is 2.36. The molecular weight excluding hydrogens is 250 g/mol. The van der Waals surface area contributed by atoms with Crippen molar-refractivity contribution in [1.29, 1.82) is 0 Å². The average molecular weight is 273 g/mol. The van der Waals surface area contributed by atoms with Crippen LogP contribution in [-0.4, -0.2) is 25.7 Å². The third-order valence-corrected chi connectivity index (χ3v) is 4.63. The van der Waals surface area contributed by atoms with Crippen LogP contribution in [0.25, 0.3) is 0 Å². The normalized spacial score (nSPS) is 21.4. The Hall–Kier alpha value is -1.35. The van der Waals surface area contributed by atoms with Crippen molar-refractivity contribution < 1.29 is 9.53 Å². The predicted octanol–water partition coefficient (Wildman–Crippen LogP) is 2.65. The number of nitrogens with one attached hydrogen (secondary N) is 1. The molecule has 1 N–H and O–H groups in total. The molecule has 3 heteroatoms. The maximum absolute atomic E-state index is 12.7. The lowest BCUT2D eigenvalue weighted by molar-refractivity contribution is -0.152. The second kappa shape index (κ2) is 5.96. The maximum Gasteiger partial charge on any atom is 0.316 e. The first-order chi connectivity index (χ1) is 9.81. The molecule has 3 rings (SSSR count). The average Bonchev–Trinajstić information content (AvgIpc) is 3.33. The van der Waals surface area contributed by atoms with Crippen LogP contribution in [0.2, 0.25) is 0 Å². The van der Waals surface area contributed by atoms with E-state index in [0.717, 1.165) is 43.8 Å². The SMILES string of the molecule is O=C(OCCC1CC1)C1(c2ccccc2)CCNCC1.